The number of hydrogen-bond acceptors (Lipinski definition) is 3. The Hall–Kier alpha value is -0.610. The number of carboxylic acid groups (broad SMARTS) is 1. The highest BCUT2D eigenvalue weighted by Gasteiger charge is 2.20. The van der Waals surface area contributed by atoms with Gasteiger partial charge in [0.1, 0.15) is 0 Å². The molecular formula is C8H17NO3. The second kappa shape index (κ2) is 7.06. The van der Waals surface area contributed by atoms with Crippen molar-refractivity contribution in [1.29, 1.82) is 0 Å². The number of aliphatic hydroxyl groups excluding tert-OH is 1. The first-order valence-electron chi connectivity index (χ1n) is 4.26. The van der Waals surface area contributed by atoms with Gasteiger partial charge < -0.3 is 15.9 Å². The molecule has 1 aliphatic carbocycles. The number of hydrogen-bond donors (Lipinski definition) is 3. The molecule has 0 bridgehead atoms. The zero-order valence-corrected chi connectivity index (χ0v) is 7.20. The summed E-state index contributed by atoms with van der Waals surface area (Å²) in [5.41, 5.74) is 4.78. The minimum Gasteiger partial charge on any atom is -0.481 e. The SMILES string of the molecule is NCCO.O=C(O)C1CCCC1. The number of aliphatic carboxylic acids is 1. The molecule has 1 saturated carbocycles. The van der Waals surface area contributed by atoms with Crippen LogP contribution in [0, 0.1) is 5.92 Å². The standard InChI is InChI=1S/C6H10O2.C2H7NO/c7-6(8)5-3-1-2-4-5;3-1-2-4/h5H,1-4H2,(H,7,8);4H,1-3H2. The van der Waals surface area contributed by atoms with Gasteiger partial charge in [0.15, 0.2) is 0 Å². The highest BCUT2D eigenvalue weighted by Crippen LogP contribution is 2.24. The minimum atomic E-state index is -0.609. The maximum Gasteiger partial charge on any atom is 0.306 e. The molecule has 0 amide bonds. The summed E-state index contributed by atoms with van der Waals surface area (Å²) < 4.78 is 0. The number of carboxylic acids is 1. The Morgan fingerprint density at radius 2 is 1.83 bits per heavy atom. The molecular weight excluding hydrogens is 158 g/mol. The van der Waals surface area contributed by atoms with E-state index in [1.807, 2.05) is 0 Å². The van der Waals surface area contributed by atoms with E-state index >= 15 is 0 Å². The molecule has 1 fully saturated rings. The van der Waals surface area contributed by atoms with Crippen molar-refractivity contribution in [1.82, 2.24) is 0 Å². The maximum atomic E-state index is 10.2. The van der Waals surface area contributed by atoms with Crippen molar-refractivity contribution in [3.8, 4) is 0 Å². The van der Waals surface area contributed by atoms with E-state index < -0.39 is 5.97 Å². The zero-order chi connectivity index (χ0) is 9.40. The van der Waals surface area contributed by atoms with Crippen molar-refractivity contribution in [2.45, 2.75) is 25.7 Å². The molecule has 0 heterocycles. The Bertz CT molecular complexity index is 119. The van der Waals surface area contributed by atoms with Crippen LogP contribution in [0.5, 0.6) is 0 Å². The van der Waals surface area contributed by atoms with Crippen LogP contribution < -0.4 is 5.73 Å². The van der Waals surface area contributed by atoms with Gasteiger partial charge in [0, 0.05) is 6.54 Å². The summed E-state index contributed by atoms with van der Waals surface area (Å²) in [6, 6.07) is 0. The van der Waals surface area contributed by atoms with Crippen LogP contribution >= 0.6 is 0 Å². The summed E-state index contributed by atoms with van der Waals surface area (Å²) in [4.78, 5) is 10.2. The highest BCUT2D eigenvalue weighted by atomic mass is 16.4. The van der Waals surface area contributed by atoms with Crippen molar-refractivity contribution in [3.05, 3.63) is 0 Å². The zero-order valence-electron chi connectivity index (χ0n) is 7.20. The molecule has 0 radical (unpaired) electrons. The second-order valence-electron chi connectivity index (χ2n) is 2.83. The molecule has 0 aromatic rings. The minimum absolute atomic E-state index is 0.0185. The summed E-state index contributed by atoms with van der Waals surface area (Å²) in [6.45, 7) is 0.472. The lowest BCUT2D eigenvalue weighted by atomic mass is 10.1. The van der Waals surface area contributed by atoms with E-state index in [0.29, 0.717) is 6.54 Å². The van der Waals surface area contributed by atoms with Crippen LogP contribution in [-0.2, 0) is 4.79 Å². The number of carbonyl (C=O) groups is 1. The average Bonchev–Trinajstić information content (AvgIpc) is 2.57. The molecule has 0 saturated heterocycles. The van der Waals surface area contributed by atoms with Gasteiger partial charge >= 0.3 is 5.97 Å². The van der Waals surface area contributed by atoms with Crippen LogP contribution in [-0.4, -0.2) is 29.3 Å². The van der Waals surface area contributed by atoms with E-state index in [0.717, 1.165) is 25.7 Å². The van der Waals surface area contributed by atoms with Crippen molar-refractivity contribution in [2.75, 3.05) is 13.2 Å². The van der Waals surface area contributed by atoms with Gasteiger partial charge in [-0.15, -0.1) is 0 Å². The van der Waals surface area contributed by atoms with E-state index in [2.05, 4.69) is 0 Å². The lowest BCUT2D eigenvalue weighted by molar-refractivity contribution is -0.141. The smallest absolute Gasteiger partial charge is 0.306 e. The maximum absolute atomic E-state index is 10.2. The fourth-order valence-electron chi connectivity index (χ4n) is 1.17. The third-order valence-electron chi connectivity index (χ3n) is 1.83. The van der Waals surface area contributed by atoms with Gasteiger partial charge in [-0.2, -0.15) is 0 Å². The van der Waals surface area contributed by atoms with Gasteiger partial charge in [-0.3, -0.25) is 4.79 Å². The predicted octanol–water partition coefficient (Wildman–Crippen LogP) is 0.199. The molecule has 1 rings (SSSR count). The van der Waals surface area contributed by atoms with Crippen LogP contribution in [0.25, 0.3) is 0 Å². The van der Waals surface area contributed by atoms with Crippen molar-refractivity contribution < 1.29 is 15.0 Å². The molecule has 0 aromatic heterocycles. The summed E-state index contributed by atoms with van der Waals surface area (Å²) in [5.74, 6) is -0.627. The van der Waals surface area contributed by atoms with Gasteiger partial charge in [0.05, 0.1) is 12.5 Å². The Morgan fingerprint density at radius 1 is 1.42 bits per heavy atom. The lowest BCUT2D eigenvalue weighted by Gasteiger charge is -1.97. The summed E-state index contributed by atoms with van der Waals surface area (Å²) in [6.07, 6.45) is 4.01. The molecule has 0 aliphatic heterocycles. The summed E-state index contributed by atoms with van der Waals surface area (Å²) >= 11 is 0. The third-order valence-corrected chi connectivity index (χ3v) is 1.83. The Kier molecular flexibility index (Phi) is 6.70. The van der Waals surface area contributed by atoms with Gasteiger partial charge in [-0.25, -0.2) is 0 Å². The largest absolute Gasteiger partial charge is 0.481 e. The first kappa shape index (κ1) is 11.4. The van der Waals surface area contributed by atoms with Crippen LogP contribution in [0.3, 0.4) is 0 Å². The van der Waals surface area contributed by atoms with Crippen molar-refractivity contribution in [3.63, 3.8) is 0 Å². The highest BCUT2D eigenvalue weighted by molar-refractivity contribution is 5.70. The fourth-order valence-corrected chi connectivity index (χ4v) is 1.17. The Labute approximate surface area is 72.4 Å². The normalized spacial score (nSPS) is 16.8. The van der Waals surface area contributed by atoms with Crippen LogP contribution in [0.2, 0.25) is 0 Å². The molecule has 0 spiro atoms. The molecule has 0 aromatic carbocycles. The van der Waals surface area contributed by atoms with Crippen LogP contribution in [0.4, 0.5) is 0 Å². The molecule has 0 atom stereocenters. The Morgan fingerprint density at radius 3 is 2.00 bits per heavy atom. The van der Waals surface area contributed by atoms with Gasteiger partial charge in [-0.1, -0.05) is 12.8 Å². The number of rotatable bonds is 2. The lowest BCUT2D eigenvalue weighted by Crippen LogP contribution is -2.07. The first-order valence-corrected chi connectivity index (χ1v) is 4.26. The fraction of sp³-hybridized carbons (Fsp3) is 0.875. The molecule has 4 nitrogen and oxygen atoms in total. The van der Waals surface area contributed by atoms with E-state index in [1.54, 1.807) is 0 Å². The summed E-state index contributed by atoms with van der Waals surface area (Å²) in [7, 11) is 0. The molecule has 12 heavy (non-hydrogen) atoms. The van der Waals surface area contributed by atoms with Gasteiger partial charge in [0.2, 0.25) is 0 Å². The first-order chi connectivity index (χ1) is 5.72. The average molecular weight is 175 g/mol. The third kappa shape index (κ3) is 5.09. The molecule has 0 unspecified atom stereocenters. The number of nitrogens with two attached hydrogens (primary N) is 1. The van der Waals surface area contributed by atoms with Crippen molar-refractivity contribution >= 4 is 5.97 Å². The topological polar surface area (TPSA) is 83.5 Å². The van der Waals surface area contributed by atoms with E-state index in [1.165, 1.54) is 0 Å². The van der Waals surface area contributed by atoms with Crippen LogP contribution in [0.15, 0.2) is 0 Å². The Balaban J connectivity index is 0.000000261. The number of aliphatic hydroxyl groups is 1. The van der Waals surface area contributed by atoms with Gasteiger partial charge in [0.25, 0.3) is 0 Å². The summed E-state index contributed by atoms with van der Waals surface area (Å²) in [5, 5.41) is 16.2. The van der Waals surface area contributed by atoms with Crippen molar-refractivity contribution in [2.24, 2.45) is 11.7 Å². The van der Waals surface area contributed by atoms with Gasteiger partial charge in [-0.05, 0) is 12.8 Å². The molecule has 4 N–H and O–H groups in total. The molecule has 1 aliphatic rings. The second-order valence-corrected chi connectivity index (χ2v) is 2.83. The predicted molar refractivity (Wildman–Crippen MR) is 45.7 cm³/mol. The molecule has 4 heteroatoms. The van der Waals surface area contributed by atoms with E-state index in [9.17, 15) is 4.79 Å². The van der Waals surface area contributed by atoms with Crippen LogP contribution in [0.1, 0.15) is 25.7 Å². The van der Waals surface area contributed by atoms with E-state index in [4.69, 9.17) is 15.9 Å². The molecule has 72 valence electrons. The monoisotopic (exact) mass is 175 g/mol. The quantitative estimate of drug-likeness (QED) is 0.559. The van der Waals surface area contributed by atoms with E-state index in [-0.39, 0.29) is 12.5 Å².